The summed E-state index contributed by atoms with van der Waals surface area (Å²) < 4.78 is 8.39. The molecular formula is C5H13O6P. The monoisotopic (exact) mass is 200 g/mol. The van der Waals surface area contributed by atoms with Crippen molar-refractivity contribution in [3.05, 3.63) is 0 Å². The quantitative estimate of drug-likeness (QED) is 0.323. The van der Waals surface area contributed by atoms with Crippen LogP contribution in [0.3, 0.4) is 0 Å². The van der Waals surface area contributed by atoms with Gasteiger partial charge in [-0.3, -0.25) is 0 Å². The summed E-state index contributed by atoms with van der Waals surface area (Å²) in [6, 6.07) is 0. The third-order valence-corrected chi connectivity index (χ3v) is 1.43. The van der Waals surface area contributed by atoms with Crippen molar-refractivity contribution in [2.24, 2.45) is 5.92 Å². The Morgan fingerprint density at radius 1 is 1.42 bits per heavy atom. The molecule has 0 aliphatic heterocycles. The van der Waals surface area contributed by atoms with Crippen molar-refractivity contribution in [1.29, 1.82) is 0 Å². The maximum atomic E-state index is 10.7. The number of carbonyl (C=O) groups is 1. The van der Waals surface area contributed by atoms with E-state index in [1.54, 1.807) is 13.8 Å². The Morgan fingerprint density at radius 2 is 1.92 bits per heavy atom. The predicted molar refractivity (Wildman–Crippen MR) is 41.9 cm³/mol. The minimum atomic E-state index is -4.54. The van der Waals surface area contributed by atoms with Crippen LogP contribution >= 0.6 is 8.17 Å². The van der Waals surface area contributed by atoms with E-state index in [4.69, 9.17) is 14.7 Å². The van der Waals surface area contributed by atoms with Gasteiger partial charge in [0, 0.05) is 0 Å². The SMILES string of the molecule is CC(C)C(=O)OCO[PH](O)(O)O. The fraction of sp³-hybridized carbons (Fsp3) is 0.800. The van der Waals surface area contributed by atoms with Crippen LogP contribution in [-0.4, -0.2) is 27.4 Å². The minimum absolute atomic E-state index is 0.319. The molecule has 0 saturated heterocycles. The van der Waals surface area contributed by atoms with Gasteiger partial charge in [-0.05, 0) is 0 Å². The van der Waals surface area contributed by atoms with Crippen molar-refractivity contribution in [2.45, 2.75) is 13.8 Å². The summed E-state index contributed by atoms with van der Waals surface area (Å²) in [5.74, 6) is -0.853. The van der Waals surface area contributed by atoms with Crippen molar-refractivity contribution in [3.8, 4) is 0 Å². The summed E-state index contributed by atoms with van der Waals surface area (Å²) in [4.78, 5) is 35.6. The van der Waals surface area contributed by atoms with Gasteiger partial charge in [-0.2, -0.15) is 0 Å². The van der Waals surface area contributed by atoms with Crippen LogP contribution in [0.25, 0.3) is 0 Å². The van der Waals surface area contributed by atoms with Crippen LogP contribution in [0.15, 0.2) is 0 Å². The molecule has 0 saturated carbocycles. The number of rotatable bonds is 4. The van der Waals surface area contributed by atoms with Crippen molar-refractivity contribution in [2.75, 3.05) is 6.79 Å². The van der Waals surface area contributed by atoms with Crippen LogP contribution in [0, 0.1) is 5.92 Å². The topological polar surface area (TPSA) is 96.2 Å². The molecule has 0 unspecified atom stereocenters. The first-order chi connectivity index (χ1) is 5.33. The zero-order valence-electron chi connectivity index (χ0n) is 6.85. The van der Waals surface area contributed by atoms with E-state index >= 15 is 0 Å². The molecule has 0 aromatic rings. The van der Waals surface area contributed by atoms with E-state index in [1.807, 2.05) is 0 Å². The Hall–Kier alpha value is -0.260. The summed E-state index contributed by atoms with van der Waals surface area (Å²) in [5, 5.41) is 0. The zero-order chi connectivity index (χ0) is 9.78. The Balaban J connectivity index is 3.51. The van der Waals surface area contributed by atoms with Gasteiger partial charge in [-0.1, -0.05) is 0 Å². The van der Waals surface area contributed by atoms with Crippen molar-refractivity contribution in [1.82, 2.24) is 0 Å². The van der Waals surface area contributed by atoms with Crippen LogP contribution in [0.2, 0.25) is 0 Å². The second-order valence-corrected chi connectivity index (χ2v) is 3.89. The van der Waals surface area contributed by atoms with E-state index < -0.39 is 20.9 Å². The molecule has 74 valence electrons. The van der Waals surface area contributed by atoms with E-state index in [0.29, 0.717) is 0 Å². The molecule has 3 N–H and O–H groups in total. The van der Waals surface area contributed by atoms with Crippen LogP contribution in [0.4, 0.5) is 0 Å². The molecule has 0 rings (SSSR count). The molecule has 0 aliphatic rings. The number of carbonyl (C=O) groups excluding carboxylic acids is 1. The fourth-order valence-corrected chi connectivity index (χ4v) is 0.550. The van der Waals surface area contributed by atoms with Crippen molar-refractivity contribution in [3.63, 3.8) is 0 Å². The van der Waals surface area contributed by atoms with E-state index in [0.717, 1.165) is 0 Å². The molecule has 0 radical (unpaired) electrons. The summed E-state index contributed by atoms with van der Waals surface area (Å²) in [6.07, 6.45) is 0. The molecule has 0 aliphatic carbocycles. The van der Waals surface area contributed by atoms with Gasteiger partial charge >= 0.3 is 69.4 Å². The molecule has 0 aromatic carbocycles. The molecule has 0 aromatic heterocycles. The Kier molecular flexibility index (Phi) is 4.59. The molecule has 0 heterocycles. The average molecular weight is 200 g/mol. The summed E-state index contributed by atoms with van der Waals surface area (Å²) >= 11 is 0. The van der Waals surface area contributed by atoms with Crippen molar-refractivity contribution >= 4 is 14.1 Å². The molecule has 12 heavy (non-hydrogen) atoms. The first-order valence-corrected chi connectivity index (χ1v) is 5.05. The first-order valence-electron chi connectivity index (χ1n) is 3.30. The number of ether oxygens (including phenoxy) is 1. The molecule has 0 spiro atoms. The maximum absolute atomic E-state index is 10.7. The Morgan fingerprint density at radius 3 is 2.25 bits per heavy atom. The van der Waals surface area contributed by atoms with Crippen LogP contribution in [0.1, 0.15) is 13.8 Å². The van der Waals surface area contributed by atoms with Crippen LogP contribution in [0.5, 0.6) is 0 Å². The number of esters is 1. The summed E-state index contributed by atoms with van der Waals surface area (Å²) in [6.45, 7) is 2.58. The predicted octanol–water partition coefficient (Wildman–Crippen LogP) is -0.454. The number of hydrogen-bond donors (Lipinski definition) is 3. The Labute approximate surface area is 70.4 Å². The van der Waals surface area contributed by atoms with Gasteiger partial charge in [0.25, 0.3) is 0 Å². The normalized spacial score (nSPS) is 13.2. The van der Waals surface area contributed by atoms with Crippen LogP contribution in [-0.2, 0) is 14.1 Å². The zero-order valence-corrected chi connectivity index (χ0v) is 7.85. The van der Waals surface area contributed by atoms with E-state index in [9.17, 15) is 4.79 Å². The Bertz CT molecular complexity index is 151. The van der Waals surface area contributed by atoms with Gasteiger partial charge in [0.2, 0.25) is 0 Å². The van der Waals surface area contributed by atoms with Crippen molar-refractivity contribution < 1.29 is 28.7 Å². The third-order valence-electron chi connectivity index (χ3n) is 0.925. The molecular weight excluding hydrogens is 187 g/mol. The van der Waals surface area contributed by atoms with Gasteiger partial charge in [0.15, 0.2) is 0 Å². The second-order valence-electron chi connectivity index (χ2n) is 2.45. The fourth-order valence-electron chi connectivity index (χ4n) is 0.333. The molecule has 0 amide bonds. The molecule has 0 fully saturated rings. The standard InChI is InChI=1S/C5H13O6P/c1-4(2)5(6)10-3-11-12(7,8)9/h4,7-9,12H,3H2,1-2H3. The second kappa shape index (κ2) is 4.69. The van der Waals surface area contributed by atoms with Gasteiger partial charge in [0.05, 0.1) is 0 Å². The third kappa shape index (κ3) is 6.45. The molecule has 6 nitrogen and oxygen atoms in total. The van der Waals surface area contributed by atoms with Gasteiger partial charge in [-0.25, -0.2) is 0 Å². The van der Waals surface area contributed by atoms with E-state index in [2.05, 4.69) is 9.26 Å². The van der Waals surface area contributed by atoms with E-state index in [-0.39, 0.29) is 5.92 Å². The molecule has 0 atom stereocenters. The summed E-state index contributed by atoms with van der Waals surface area (Å²) in [5.41, 5.74) is 0. The molecule has 0 bridgehead atoms. The first kappa shape index (κ1) is 11.7. The summed E-state index contributed by atoms with van der Waals surface area (Å²) in [7, 11) is -4.54. The van der Waals surface area contributed by atoms with Crippen LogP contribution < -0.4 is 0 Å². The van der Waals surface area contributed by atoms with Gasteiger partial charge in [-0.15, -0.1) is 0 Å². The average Bonchev–Trinajstić information content (AvgIpc) is 1.84. The molecule has 7 heteroatoms. The van der Waals surface area contributed by atoms with Gasteiger partial charge in [0.1, 0.15) is 0 Å². The van der Waals surface area contributed by atoms with Gasteiger partial charge < -0.3 is 0 Å². The van der Waals surface area contributed by atoms with E-state index in [1.165, 1.54) is 0 Å². The number of hydrogen-bond acceptors (Lipinski definition) is 6.